The molecule has 0 aliphatic carbocycles. The highest BCUT2D eigenvalue weighted by atomic mass is 35.5. The number of methoxy groups -OCH3 is 1. The van der Waals surface area contributed by atoms with Crippen molar-refractivity contribution < 1.29 is 9.53 Å². The number of hydrogen-bond acceptors (Lipinski definition) is 3. The second-order valence-corrected chi connectivity index (χ2v) is 3.50. The molecule has 0 amide bonds. The topological polar surface area (TPSA) is 44.1 Å². The van der Waals surface area contributed by atoms with Crippen molar-refractivity contribution in [1.82, 2.24) is 9.55 Å². The highest BCUT2D eigenvalue weighted by Gasteiger charge is 2.16. The van der Waals surface area contributed by atoms with Crippen LogP contribution in [0.4, 0.5) is 0 Å². The van der Waals surface area contributed by atoms with Crippen molar-refractivity contribution in [2.75, 3.05) is 7.11 Å². The highest BCUT2D eigenvalue weighted by molar-refractivity contribution is 6.35. The van der Waals surface area contributed by atoms with Gasteiger partial charge in [0.2, 0.25) is 0 Å². The average Bonchev–Trinajstić information content (AvgIpc) is 2.57. The first-order chi connectivity index (χ1) is 7.15. The maximum absolute atomic E-state index is 11.5. The largest absolute Gasteiger partial charge is 0.465 e. The Kier molecular flexibility index (Phi) is 2.36. The Morgan fingerprint density at radius 3 is 3.00 bits per heavy atom. The number of hydrogen-bond donors (Lipinski definition) is 0. The lowest BCUT2D eigenvalue weighted by atomic mass is 10.2. The lowest BCUT2D eigenvalue weighted by Gasteiger charge is -1.97. The second kappa shape index (κ2) is 3.55. The molecular formula is C10H9ClN2O2. The Hall–Kier alpha value is -1.55. The third-order valence-corrected chi connectivity index (χ3v) is 2.55. The molecular weight excluding hydrogens is 216 g/mol. The van der Waals surface area contributed by atoms with Gasteiger partial charge in [-0.25, -0.2) is 9.78 Å². The molecule has 5 heteroatoms. The number of nitrogens with zero attached hydrogens (tertiary/aromatic N) is 2. The Balaban J connectivity index is 2.81. The third kappa shape index (κ3) is 1.47. The number of rotatable bonds is 1. The summed E-state index contributed by atoms with van der Waals surface area (Å²) in [7, 11) is 3.18. The number of ether oxygens (including phenoxy) is 1. The lowest BCUT2D eigenvalue weighted by molar-refractivity contribution is 0.0603. The zero-order chi connectivity index (χ0) is 11.0. The number of aromatic nitrogens is 2. The minimum atomic E-state index is -0.407. The quantitative estimate of drug-likeness (QED) is 0.550. The summed E-state index contributed by atoms with van der Waals surface area (Å²) in [6.45, 7) is 0. The monoisotopic (exact) mass is 224 g/mol. The SMILES string of the molecule is COC(=O)c1cn(C)c2ccnc(Cl)c12. The zero-order valence-corrected chi connectivity index (χ0v) is 9.08. The van der Waals surface area contributed by atoms with Crippen molar-refractivity contribution in [2.45, 2.75) is 0 Å². The fourth-order valence-electron chi connectivity index (χ4n) is 1.56. The van der Waals surface area contributed by atoms with Gasteiger partial charge in [0, 0.05) is 19.4 Å². The number of aryl methyl sites for hydroxylation is 1. The van der Waals surface area contributed by atoms with E-state index in [-0.39, 0.29) is 0 Å². The molecule has 0 unspecified atom stereocenters. The van der Waals surface area contributed by atoms with E-state index in [9.17, 15) is 4.79 Å². The number of carbonyl (C=O) groups excluding carboxylic acids is 1. The molecule has 0 saturated heterocycles. The molecule has 0 aliphatic heterocycles. The van der Waals surface area contributed by atoms with Crippen molar-refractivity contribution in [2.24, 2.45) is 7.05 Å². The first-order valence-electron chi connectivity index (χ1n) is 4.33. The van der Waals surface area contributed by atoms with Gasteiger partial charge in [0.25, 0.3) is 0 Å². The third-order valence-electron chi connectivity index (χ3n) is 2.26. The van der Waals surface area contributed by atoms with Crippen LogP contribution in [0.25, 0.3) is 10.9 Å². The Morgan fingerprint density at radius 2 is 2.33 bits per heavy atom. The van der Waals surface area contributed by atoms with E-state index < -0.39 is 5.97 Å². The molecule has 0 aromatic carbocycles. The summed E-state index contributed by atoms with van der Waals surface area (Å²) in [6.07, 6.45) is 3.29. The molecule has 0 atom stereocenters. The Morgan fingerprint density at radius 1 is 1.60 bits per heavy atom. The highest BCUT2D eigenvalue weighted by Crippen LogP contribution is 2.26. The fraction of sp³-hybridized carbons (Fsp3) is 0.200. The van der Waals surface area contributed by atoms with Gasteiger partial charge in [-0.2, -0.15) is 0 Å². The Labute approximate surface area is 91.4 Å². The second-order valence-electron chi connectivity index (χ2n) is 3.14. The van der Waals surface area contributed by atoms with Gasteiger partial charge < -0.3 is 9.30 Å². The van der Waals surface area contributed by atoms with Crippen LogP contribution in [0, 0.1) is 0 Å². The first kappa shape index (κ1) is 9.98. The lowest BCUT2D eigenvalue weighted by Crippen LogP contribution is -2.00. The summed E-state index contributed by atoms with van der Waals surface area (Å²) in [6, 6.07) is 1.80. The van der Waals surface area contributed by atoms with Gasteiger partial charge in [0.15, 0.2) is 0 Å². The first-order valence-corrected chi connectivity index (χ1v) is 4.70. The zero-order valence-electron chi connectivity index (χ0n) is 8.32. The minimum Gasteiger partial charge on any atom is -0.465 e. The molecule has 2 aromatic heterocycles. The van der Waals surface area contributed by atoms with Gasteiger partial charge in [-0.3, -0.25) is 0 Å². The molecule has 78 valence electrons. The molecule has 0 fully saturated rings. The van der Waals surface area contributed by atoms with Crippen molar-refractivity contribution in [3.05, 3.63) is 29.2 Å². The minimum absolute atomic E-state index is 0.313. The van der Waals surface area contributed by atoms with Crippen LogP contribution in [0.1, 0.15) is 10.4 Å². The normalized spacial score (nSPS) is 10.6. The molecule has 0 saturated carbocycles. The number of carbonyl (C=O) groups is 1. The number of fused-ring (bicyclic) bond motifs is 1. The van der Waals surface area contributed by atoms with E-state index >= 15 is 0 Å². The fourth-order valence-corrected chi connectivity index (χ4v) is 1.82. The summed E-state index contributed by atoms with van der Waals surface area (Å²) in [5, 5.41) is 0.946. The molecule has 2 heterocycles. The van der Waals surface area contributed by atoms with E-state index in [4.69, 9.17) is 11.6 Å². The van der Waals surface area contributed by atoms with Crippen molar-refractivity contribution in [3.63, 3.8) is 0 Å². The van der Waals surface area contributed by atoms with Crippen molar-refractivity contribution in [1.29, 1.82) is 0 Å². The van der Waals surface area contributed by atoms with Gasteiger partial charge in [-0.15, -0.1) is 0 Å². The number of halogens is 1. The van der Waals surface area contributed by atoms with Gasteiger partial charge >= 0.3 is 5.97 Å². The molecule has 4 nitrogen and oxygen atoms in total. The molecule has 2 aromatic rings. The summed E-state index contributed by atoms with van der Waals surface area (Å²) in [5.74, 6) is -0.407. The molecule has 15 heavy (non-hydrogen) atoms. The van der Waals surface area contributed by atoms with Crippen LogP contribution in [-0.2, 0) is 11.8 Å². The standard InChI is InChI=1S/C10H9ClN2O2/c1-13-5-6(10(14)15-2)8-7(13)3-4-12-9(8)11/h3-5H,1-2H3. The smallest absolute Gasteiger partial charge is 0.340 e. The van der Waals surface area contributed by atoms with E-state index in [0.29, 0.717) is 16.1 Å². The summed E-state index contributed by atoms with van der Waals surface area (Å²) in [5.41, 5.74) is 1.29. The molecule has 0 N–H and O–H groups in total. The van der Waals surface area contributed by atoms with E-state index in [1.165, 1.54) is 7.11 Å². The maximum Gasteiger partial charge on any atom is 0.340 e. The molecule has 2 rings (SSSR count). The summed E-state index contributed by atoms with van der Waals surface area (Å²) < 4.78 is 6.49. The molecule has 0 aliphatic rings. The van der Waals surface area contributed by atoms with Gasteiger partial charge in [-0.1, -0.05) is 11.6 Å². The predicted molar refractivity (Wildman–Crippen MR) is 57.1 cm³/mol. The summed E-state index contributed by atoms with van der Waals surface area (Å²) in [4.78, 5) is 15.4. The van der Waals surface area contributed by atoms with Crippen LogP contribution in [0.2, 0.25) is 5.15 Å². The average molecular weight is 225 g/mol. The van der Waals surface area contributed by atoms with Crippen LogP contribution >= 0.6 is 11.6 Å². The van der Waals surface area contributed by atoms with Crippen LogP contribution in [0.5, 0.6) is 0 Å². The molecule has 0 spiro atoms. The maximum atomic E-state index is 11.5. The predicted octanol–water partition coefficient (Wildman–Crippen LogP) is 2.01. The van der Waals surface area contributed by atoms with Crippen molar-refractivity contribution >= 4 is 28.5 Å². The van der Waals surface area contributed by atoms with Crippen molar-refractivity contribution in [3.8, 4) is 0 Å². The Bertz CT molecular complexity index is 533. The van der Waals surface area contributed by atoms with Gasteiger partial charge in [0.1, 0.15) is 5.15 Å². The molecule has 0 bridgehead atoms. The number of esters is 1. The van der Waals surface area contributed by atoms with Gasteiger partial charge in [-0.05, 0) is 6.07 Å². The van der Waals surface area contributed by atoms with Crippen LogP contribution in [-0.4, -0.2) is 22.6 Å². The van der Waals surface area contributed by atoms with E-state index in [0.717, 1.165) is 5.52 Å². The molecule has 0 radical (unpaired) electrons. The van der Waals surface area contributed by atoms with Crippen LogP contribution in [0.3, 0.4) is 0 Å². The summed E-state index contributed by atoms with van der Waals surface area (Å²) >= 11 is 5.94. The van der Waals surface area contributed by atoms with Crippen LogP contribution in [0.15, 0.2) is 18.5 Å². The number of pyridine rings is 1. The van der Waals surface area contributed by atoms with Gasteiger partial charge in [0.05, 0.1) is 23.6 Å². The van der Waals surface area contributed by atoms with Crippen LogP contribution < -0.4 is 0 Å². The van der Waals surface area contributed by atoms with E-state index in [2.05, 4.69) is 9.72 Å². The van der Waals surface area contributed by atoms with E-state index in [1.807, 2.05) is 11.6 Å². The van der Waals surface area contributed by atoms with E-state index in [1.54, 1.807) is 18.5 Å².